The van der Waals surface area contributed by atoms with Gasteiger partial charge in [0.2, 0.25) is 0 Å². The molecule has 5 nitrogen and oxygen atoms in total. The zero-order chi connectivity index (χ0) is 21.6. The van der Waals surface area contributed by atoms with Crippen LogP contribution in [-0.4, -0.2) is 43.7 Å². The molecule has 0 saturated heterocycles. The van der Waals surface area contributed by atoms with Crippen LogP contribution in [0.15, 0.2) is 21.9 Å². The van der Waals surface area contributed by atoms with E-state index in [4.69, 9.17) is 5.11 Å². The third-order valence-corrected chi connectivity index (χ3v) is 8.67. The topological polar surface area (TPSA) is 90.7 Å². The van der Waals surface area contributed by atoms with Crippen molar-refractivity contribution in [3.8, 4) is 0 Å². The molecule has 2 fully saturated rings. The Bertz CT molecular complexity index is 712. The summed E-state index contributed by atoms with van der Waals surface area (Å²) < 4.78 is 0.769. The standard InChI is InChI=1S/C23H35NO4S2/c1-23(28,14-16-6-3-2-4-7-16)12-5-8-17-9-10-20(25)18(17)11-13-29-22-24-19(15-30-22)21(26)27/h5,8,15-18,20,25,28H,2-4,6-7,9-14H2,1H3,(H,26,27)/t17-,18+,20-,23+/m0/s1. The predicted octanol–water partition coefficient (Wildman–Crippen LogP) is 5.38. The maximum atomic E-state index is 10.9. The highest BCUT2D eigenvalue weighted by atomic mass is 32.2. The Kier molecular flexibility index (Phi) is 8.81. The summed E-state index contributed by atoms with van der Waals surface area (Å²) in [5, 5.41) is 31.8. The molecule has 4 atom stereocenters. The fourth-order valence-corrected chi connectivity index (χ4v) is 6.93. The maximum absolute atomic E-state index is 10.9. The SMILES string of the molecule is C[C@@](O)(CC=C[C@H]1CC[C@H](O)[C@@H]1CCSc1nc(C(=O)O)cs1)CC1CCCCC1. The summed E-state index contributed by atoms with van der Waals surface area (Å²) in [5.41, 5.74) is -0.544. The lowest BCUT2D eigenvalue weighted by atomic mass is 9.80. The fraction of sp³-hybridized carbons (Fsp3) is 0.739. The van der Waals surface area contributed by atoms with Gasteiger partial charge in [-0.2, -0.15) is 0 Å². The summed E-state index contributed by atoms with van der Waals surface area (Å²) in [5.74, 6) is 1.05. The van der Waals surface area contributed by atoms with E-state index < -0.39 is 11.6 Å². The second kappa shape index (κ2) is 11.1. The van der Waals surface area contributed by atoms with Gasteiger partial charge in [0.1, 0.15) is 0 Å². The Morgan fingerprint density at radius 1 is 1.30 bits per heavy atom. The number of thioether (sulfide) groups is 1. The van der Waals surface area contributed by atoms with Gasteiger partial charge in [0, 0.05) is 11.1 Å². The van der Waals surface area contributed by atoms with Crippen molar-refractivity contribution in [3.05, 3.63) is 23.2 Å². The molecule has 168 valence electrons. The van der Waals surface area contributed by atoms with Gasteiger partial charge in [-0.3, -0.25) is 0 Å². The van der Waals surface area contributed by atoms with Crippen LogP contribution in [0.2, 0.25) is 0 Å². The first-order valence-corrected chi connectivity index (χ1v) is 13.1. The molecule has 2 aliphatic rings. The number of nitrogens with zero attached hydrogens (tertiary/aromatic N) is 1. The van der Waals surface area contributed by atoms with Crippen LogP contribution < -0.4 is 0 Å². The van der Waals surface area contributed by atoms with Crippen molar-refractivity contribution in [3.63, 3.8) is 0 Å². The van der Waals surface area contributed by atoms with E-state index >= 15 is 0 Å². The van der Waals surface area contributed by atoms with Crippen LogP contribution in [0.25, 0.3) is 0 Å². The molecule has 0 radical (unpaired) electrons. The highest BCUT2D eigenvalue weighted by molar-refractivity contribution is 8.01. The third-order valence-electron chi connectivity index (χ3n) is 6.61. The van der Waals surface area contributed by atoms with Crippen molar-refractivity contribution >= 4 is 29.1 Å². The smallest absolute Gasteiger partial charge is 0.355 e. The second-order valence-electron chi connectivity index (χ2n) is 9.25. The molecule has 2 aliphatic carbocycles. The number of aromatic carboxylic acids is 1. The van der Waals surface area contributed by atoms with E-state index in [1.807, 2.05) is 6.92 Å². The lowest BCUT2D eigenvalue weighted by Gasteiger charge is -2.30. The molecule has 1 aromatic heterocycles. The normalized spacial score (nSPS) is 27.5. The number of thiazole rings is 1. The van der Waals surface area contributed by atoms with E-state index in [0.717, 1.165) is 35.8 Å². The molecule has 0 aromatic carbocycles. The minimum Gasteiger partial charge on any atom is -0.476 e. The Labute approximate surface area is 188 Å². The number of carboxylic acids is 1. The van der Waals surface area contributed by atoms with E-state index in [1.54, 1.807) is 17.1 Å². The number of aliphatic hydroxyl groups excluding tert-OH is 1. The first kappa shape index (κ1) is 23.8. The van der Waals surface area contributed by atoms with Crippen LogP contribution in [0.5, 0.6) is 0 Å². The molecule has 2 saturated carbocycles. The molecule has 3 rings (SSSR count). The van der Waals surface area contributed by atoms with Crippen LogP contribution in [0.3, 0.4) is 0 Å². The Balaban J connectivity index is 1.45. The maximum Gasteiger partial charge on any atom is 0.355 e. The molecule has 0 spiro atoms. The van der Waals surface area contributed by atoms with Gasteiger partial charge in [-0.25, -0.2) is 9.78 Å². The Morgan fingerprint density at radius 2 is 2.07 bits per heavy atom. The van der Waals surface area contributed by atoms with Gasteiger partial charge in [0.05, 0.1) is 11.7 Å². The molecule has 1 heterocycles. The van der Waals surface area contributed by atoms with Crippen LogP contribution in [-0.2, 0) is 0 Å². The molecule has 7 heteroatoms. The molecule has 3 N–H and O–H groups in total. The minimum atomic E-state index is -0.992. The van der Waals surface area contributed by atoms with Crippen molar-refractivity contribution in [1.82, 2.24) is 4.98 Å². The van der Waals surface area contributed by atoms with Crippen LogP contribution in [0.1, 0.15) is 81.6 Å². The molecule has 0 unspecified atom stereocenters. The van der Waals surface area contributed by atoms with Gasteiger partial charge in [0.25, 0.3) is 0 Å². The van der Waals surface area contributed by atoms with Gasteiger partial charge in [-0.1, -0.05) is 56.0 Å². The zero-order valence-corrected chi connectivity index (χ0v) is 19.5. The quantitative estimate of drug-likeness (QED) is 0.325. The summed E-state index contributed by atoms with van der Waals surface area (Å²) in [6, 6.07) is 0. The van der Waals surface area contributed by atoms with Gasteiger partial charge < -0.3 is 15.3 Å². The number of carboxylic acid groups (broad SMARTS) is 1. The van der Waals surface area contributed by atoms with Gasteiger partial charge in [0.15, 0.2) is 10.0 Å². The molecular weight excluding hydrogens is 418 g/mol. The van der Waals surface area contributed by atoms with Crippen LogP contribution in [0, 0.1) is 17.8 Å². The summed E-state index contributed by atoms with van der Waals surface area (Å²) in [7, 11) is 0. The van der Waals surface area contributed by atoms with Crippen molar-refractivity contribution in [2.24, 2.45) is 17.8 Å². The number of carbonyl (C=O) groups is 1. The van der Waals surface area contributed by atoms with Crippen molar-refractivity contribution < 1.29 is 20.1 Å². The highest BCUT2D eigenvalue weighted by Crippen LogP contribution is 2.38. The van der Waals surface area contributed by atoms with E-state index in [9.17, 15) is 15.0 Å². The van der Waals surface area contributed by atoms with E-state index in [0.29, 0.717) is 18.3 Å². The summed E-state index contributed by atoms with van der Waals surface area (Å²) in [4.78, 5) is 15.1. The fourth-order valence-electron chi connectivity index (χ4n) is 5.02. The van der Waals surface area contributed by atoms with Gasteiger partial charge in [-0.15, -0.1) is 11.3 Å². The van der Waals surface area contributed by atoms with E-state index in [-0.39, 0.29) is 17.7 Å². The highest BCUT2D eigenvalue weighted by Gasteiger charge is 2.33. The van der Waals surface area contributed by atoms with E-state index in [2.05, 4.69) is 17.1 Å². The number of hydrogen-bond acceptors (Lipinski definition) is 6. The molecule has 0 bridgehead atoms. The van der Waals surface area contributed by atoms with Crippen molar-refractivity contribution in [2.75, 3.05) is 5.75 Å². The van der Waals surface area contributed by atoms with Gasteiger partial charge >= 0.3 is 5.97 Å². The first-order chi connectivity index (χ1) is 14.3. The summed E-state index contributed by atoms with van der Waals surface area (Å²) >= 11 is 2.93. The Morgan fingerprint density at radius 3 is 2.77 bits per heavy atom. The predicted molar refractivity (Wildman–Crippen MR) is 122 cm³/mol. The number of aliphatic hydroxyl groups is 2. The zero-order valence-electron chi connectivity index (χ0n) is 17.8. The summed E-state index contributed by atoms with van der Waals surface area (Å²) in [6.45, 7) is 1.96. The third kappa shape index (κ3) is 7.08. The Hall–Kier alpha value is -0.890. The van der Waals surface area contributed by atoms with Crippen molar-refractivity contribution in [1.29, 1.82) is 0 Å². The lowest BCUT2D eigenvalue weighted by Crippen LogP contribution is -2.28. The lowest BCUT2D eigenvalue weighted by molar-refractivity contribution is 0.0302. The molecule has 1 aromatic rings. The summed E-state index contributed by atoms with van der Waals surface area (Å²) in [6.07, 6.45) is 14.7. The minimum absolute atomic E-state index is 0.101. The second-order valence-corrected chi connectivity index (χ2v) is 11.5. The average molecular weight is 454 g/mol. The number of allylic oxidation sites excluding steroid dienone is 1. The molecule has 0 aliphatic heterocycles. The average Bonchev–Trinajstić information content (AvgIpc) is 3.30. The first-order valence-electron chi connectivity index (χ1n) is 11.2. The monoisotopic (exact) mass is 453 g/mol. The van der Waals surface area contributed by atoms with Crippen LogP contribution in [0.4, 0.5) is 0 Å². The molecule has 30 heavy (non-hydrogen) atoms. The largest absolute Gasteiger partial charge is 0.476 e. The van der Waals surface area contributed by atoms with E-state index in [1.165, 1.54) is 43.4 Å². The van der Waals surface area contributed by atoms with Gasteiger partial charge in [-0.05, 0) is 56.8 Å². The molecular formula is C23H35NO4S2. The van der Waals surface area contributed by atoms with Crippen molar-refractivity contribution in [2.45, 2.75) is 87.2 Å². The number of rotatable bonds is 10. The molecule has 0 amide bonds. The number of aromatic nitrogens is 1. The number of hydrogen-bond donors (Lipinski definition) is 3. The van der Waals surface area contributed by atoms with Crippen LogP contribution >= 0.6 is 23.1 Å².